The highest BCUT2D eigenvalue weighted by atomic mass is 15.5. The highest BCUT2D eigenvalue weighted by Crippen LogP contribution is 2.55. The van der Waals surface area contributed by atoms with Crippen molar-refractivity contribution in [3.63, 3.8) is 0 Å². The number of pyridine rings is 3. The Balaban J connectivity index is 1.73. The van der Waals surface area contributed by atoms with Crippen molar-refractivity contribution in [3.05, 3.63) is 78.4 Å². The molecule has 0 N–H and O–H groups in total. The summed E-state index contributed by atoms with van der Waals surface area (Å²) in [6.07, 6.45) is 8.53. The zero-order valence-electron chi connectivity index (χ0n) is 14.0. The molecule has 120 valence electrons. The van der Waals surface area contributed by atoms with Gasteiger partial charge >= 0.3 is 5.79 Å². The first kappa shape index (κ1) is 12.8. The summed E-state index contributed by atoms with van der Waals surface area (Å²) in [6.45, 7) is 0. The standard InChI is InChI=1S/C22H20N3/c1-3-12-23-18(7-1)17-11-10-15-14-16-6-5-9-20-19-8-2-4-13-24(19)22(23,21(15)17)25(16)20/h1-9,12-13,15,17,21H,10-11,14H2/q+3. The minimum absolute atomic E-state index is 0.122. The van der Waals surface area contributed by atoms with Crippen LogP contribution in [-0.4, -0.2) is 0 Å². The molecular weight excluding hydrogens is 306 g/mol. The lowest BCUT2D eigenvalue weighted by molar-refractivity contribution is -1.16. The second-order valence-electron chi connectivity index (χ2n) is 8.05. The number of hydrogen-bond acceptors (Lipinski definition) is 0. The molecular formula is C22H20N3+3. The Morgan fingerprint density at radius 1 is 0.800 bits per heavy atom. The van der Waals surface area contributed by atoms with Gasteiger partial charge in [0.2, 0.25) is 0 Å². The van der Waals surface area contributed by atoms with Crippen molar-refractivity contribution in [2.24, 2.45) is 11.8 Å². The molecule has 3 nitrogen and oxygen atoms in total. The SMILES string of the molecule is c1cc[n+]2c(c1)-c1cccc3[n+]1C21C2C(CCC2c2cccc[n+]21)C3. The third-order valence-electron chi connectivity index (χ3n) is 7.21. The van der Waals surface area contributed by atoms with E-state index in [2.05, 4.69) is 80.7 Å². The highest BCUT2D eigenvalue weighted by molar-refractivity contribution is 5.48. The maximum Gasteiger partial charge on any atom is 0.565 e. The predicted octanol–water partition coefficient (Wildman–Crippen LogP) is 1.92. The van der Waals surface area contributed by atoms with E-state index >= 15 is 0 Å². The summed E-state index contributed by atoms with van der Waals surface area (Å²) in [5, 5.41) is 0. The van der Waals surface area contributed by atoms with Gasteiger partial charge in [0.1, 0.15) is 0 Å². The maximum absolute atomic E-state index is 2.66. The fourth-order valence-electron chi connectivity index (χ4n) is 6.60. The fourth-order valence-corrected chi connectivity index (χ4v) is 6.60. The fraction of sp³-hybridized carbons (Fsp3) is 0.318. The van der Waals surface area contributed by atoms with Gasteiger partial charge in [0.05, 0.1) is 5.92 Å². The number of fused-ring (bicyclic) bond motifs is 4. The molecule has 4 unspecified atom stereocenters. The van der Waals surface area contributed by atoms with Crippen LogP contribution in [0.2, 0.25) is 0 Å². The first-order valence-corrected chi connectivity index (χ1v) is 9.48. The molecule has 3 aliphatic heterocycles. The van der Waals surface area contributed by atoms with Crippen molar-refractivity contribution in [2.45, 2.75) is 31.0 Å². The molecule has 3 aromatic rings. The first-order valence-electron chi connectivity index (χ1n) is 9.48. The summed E-state index contributed by atoms with van der Waals surface area (Å²) >= 11 is 0. The lowest BCUT2D eigenvalue weighted by Gasteiger charge is -2.26. The van der Waals surface area contributed by atoms with Gasteiger partial charge in [0, 0.05) is 42.8 Å². The highest BCUT2D eigenvalue weighted by Gasteiger charge is 2.83. The summed E-state index contributed by atoms with van der Waals surface area (Å²) in [5.41, 5.74) is 5.73. The molecule has 1 fully saturated rings. The molecule has 4 atom stereocenters. The molecule has 1 saturated carbocycles. The van der Waals surface area contributed by atoms with Crippen molar-refractivity contribution in [1.82, 2.24) is 0 Å². The third-order valence-corrected chi connectivity index (χ3v) is 7.21. The Hall–Kier alpha value is -2.55. The van der Waals surface area contributed by atoms with E-state index in [0.717, 1.165) is 5.92 Å². The van der Waals surface area contributed by atoms with E-state index in [4.69, 9.17) is 0 Å². The molecule has 0 amide bonds. The molecule has 3 aromatic heterocycles. The van der Waals surface area contributed by atoms with Gasteiger partial charge in [-0.15, -0.1) is 0 Å². The van der Waals surface area contributed by atoms with Gasteiger partial charge in [-0.1, -0.05) is 19.8 Å². The third kappa shape index (κ3) is 1.19. The summed E-state index contributed by atoms with van der Waals surface area (Å²) in [5.74, 6) is 1.99. The van der Waals surface area contributed by atoms with Gasteiger partial charge in [-0.25, -0.2) is 0 Å². The lowest BCUT2D eigenvalue weighted by atomic mass is 9.79. The van der Waals surface area contributed by atoms with Crippen LogP contribution in [0.15, 0.2) is 67.0 Å². The van der Waals surface area contributed by atoms with E-state index in [0.29, 0.717) is 11.8 Å². The second kappa shape index (κ2) is 3.98. The Labute approximate surface area is 146 Å². The molecule has 6 heterocycles. The number of rotatable bonds is 0. The van der Waals surface area contributed by atoms with Crippen molar-refractivity contribution < 1.29 is 13.7 Å². The van der Waals surface area contributed by atoms with Crippen molar-refractivity contribution in [2.75, 3.05) is 0 Å². The maximum atomic E-state index is 2.66. The van der Waals surface area contributed by atoms with Crippen LogP contribution in [0.4, 0.5) is 0 Å². The van der Waals surface area contributed by atoms with Crippen molar-refractivity contribution in [1.29, 1.82) is 0 Å². The van der Waals surface area contributed by atoms with E-state index in [9.17, 15) is 0 Å². The number of nitrogens with zero attached hydrogens (tertiary/aromatic N) is 3. The Kier molecular flexibility index (Phi) is 2.03. The number of hydrogen-bond donors (Lipinski definition) is 0. The lowest BCUT2D eigenvalue weighted by Crippen LogP contribution is -2.87. The zero-order chi connectivity index (χ0) is 16.2. The molecule has 3 heteroatoms. The average Bonchev–Trinajstić information content (AvgIpc) is 3.31. The van der Waals surface area contributed by atoms with Crippen LogP contribution >= 0.6 is 0 Å². The number of aromatic nitrogens is 3. The second-order valence-corrected chi connectivity index (χ2v) is 8.05. The molecule has 0 saturated heterocycles. The van der Waals surface area contributed by atoms with Gasteiger partial charge in [0.25, 0.3) is 11.4 Å². The van der Waals surface area contributed by atoms with Crippen molar-refractivity contribution in [3.8, 4) is 11.4 Å². The molecule has 0 bridgehead atoms. The van der Waals surface area contributed by atoms with E-state index < -0.39 is 0 Å². The smallest absolute Gasteiger partial charge is 0.0762 e. The van der Waals surface area contributed by atoms with E-state index in [-0.39, 0.29) is 5.79 Å². The summed E-state index contributed by atoms with van der Waals surface area (Å²) in [4.78, 5) is 0. The van der Waals surface area contributed by atoms with Crippen LogP contribution in [0.5, 0.6) is 0 Å². The van der Waals surface area contributed by atoms with Crippen LogP contribution in [-0.2, 0) is 12.2 Å². The van der Waals surface area contributed by atoms with Crippen LogP contribution in [0, 0.1) is 11.8 Å². The Bertz CT molecular complexity index is 1070. The van der Waals surface area contributed by atoms with Crippen LogP contribution < -0.4 is 13.7 Å². The molecule has 0 aromatic carbocycles. The molecule has 1 aliphatic carbocycles. The molecule has 4 aliphatic rings. The summed E-state index contributed by atoms with van der Waals surface area (Å²) < 4.78 is 7.83. The van der Waals surface area contributed by atoms with Gasteiger partial charge in [-0.3, -0.25) is 0 Å². The summed E-state index contributed by atoms with van der Waals surface area (Å²) in [6, 6.07) is 20.3. The van der Waals surface area contributed by atoms with E-state index in [1.165, 1.54) is 42.0 Å². The quantitative estimate of drug-likeness (QED) is 0.560. The van der Waals surface area contributed by atoms with Crippen LogP contribution in [0.1, 0.15) is 30.1 Å². The topological polar surface area (TPSA) is 11.6 Å². The molecule has 1 spiro atoms. The van der Waals surface area contributed by atoms with Gasteiger partial charge in [-0.05, 0) is 30.9 Å². The first-order chi connectivity index (χ1) is 12.4. The average molecular weight is 326 g/mol. The van der Waals surface area contributed by atoms with E-state index in [1.807, 2.05) is 0 Å². The Morgan fingerprint density at radius 3 is 2.60 bits per heavy atom. The minimum atomic E-state index is -0.122. The monoisotopic (exact) mass is 326 g/mol. The minimum Gasteiger partial charge on any atom is -0.0762 e. The van der Waals surface area contributed by atoms with Gasteiger partial charge in [0.15, 0.2) is 29.7 Å². The van der Waals surface area contributed by atoms with Gasteiger partial charge < -0.3 is 0 Å². The summed E-state index contributed by atoms with van der Waals surface area (Å²) in [7, 11) is 0. The predicted molar refractivity (Wildman–Crippen MR) is 90.3 cm³/mol. The Morgan fingerprint density at radius 2 is 1.64 bits per heavy atom. The largest absolute Gasteiger partial charge is 0.565 e. The normalized spacial score (nSPS) is 32.1. The molecule has 0 radical (unpaired) electrons. The van der Waals surface area contributed by atoms with Gasteiger partial charge in [-0.2, -0.15) is 0 Å². The molecule has 25 heavy (non-hydrogen) atoms. The zero-order valence-corrected chi connectivity index (χ0v) is 14.0. The van der Waals surface area contributed by atoms with Crippen LogP contribution in [0.3, 0.4) is 0 Å². The van der Waals surface area contributed by atoms with E-state index in [1.54, 1.807) is 0 Å². The van der Waals surface area contributed by atoms with Crippen molar-refractivity contribution >= 4 is 0 Å². The van der Waals surface area contributed by atoms with Crippen LogP contribution in [0.25, 0.3) is 11.4 Å². The molecule has 7 rings (SSSR count).